The van der Waals surface area contributed by atoms with Crippen LogP contribution in [-0.4, -0.2) is 17.0 Å². The van der Waals surface area contributed by atoms with Gasteiger partial charge in [-0.2, -0.15) is 5.26 Å². The number of nitriles is 1. The average Bonchev–Trinajstić information content (AvgIpc) is 2.58. The summed E-state index contributed by atoms with van der Waals surface area (Å²) in [6.45, 7) is 0. The number of aryl methyl sites for hydroxylation is 1. The lowest BCUT2D eigenvalue weighted by Gasteiger charge is -2.00. The predicted molar refractivity (Wildman–Crippen MR) is 75.7 cm³/mol. The Balaban J connectivity index is 2.23. The van der Waals surface area contributed by atoms with Gasteiger partial charge in [0.2, 0.25) is 5.91 Å². The van der Waals surface area contributed by atoms with Gasteiger partial charge >= 0.3 is 5.97 Å². The summed E-state index contributed by atoms with van der Waals surface area (Å²) >= 11 is 1.43. The molecular formula is C14H14N2O3S. The lowest BCUT2D eigenvalue weighted by molar-refractivity contribution is -0.131. The number of aliphatic carboxylic acids is 1. The standard InChI is InChI=1S/C14H14N2O3S/c15-8-10-9-4-2-1-3-5-11(9)20-14(10)16-12(17)6-7-13(18)19/h6-7H,1-5H2,(H,16,17)(H,18,19). The molecule has 20 heavy (non-hydrogen) atoms. The van der Waals surface area contributed by atoms with Gasteiger partial charge in [-0.25, -0.2) is 4.79 Å². The molecule has 1 aromatic heterocycles. The molecule has 0 atom stereocenters. The van der Waals surface area contributed by atoms with Gasteiger partial charge in [0.15, 0.2) is 0 Å². The van der Waals surface area contributed by atoms with E-state index in [1.165, 1.54) is 11.3 Å². The first-order valence-electron chi connectivity index (χ1n) is 6.38. The molecule has 0 aliphatic heterocycles. The van der Waals surface area contributed by atoms with E-state index in [1.807, 2.05) is 0 Å². The molecule has 2 rings (SSSR count). The molecule has 1 heterocycles. The van der Waals surface area contributed by atoms with Crippen molar-refractivity contribution in [3.63, 3.8) is 0 Å². The first-order chi connectivity index (χ1) is 9.61. The number of nitrogens with one attached hydrogen (secondary N) is 1. The fourth-order valence-electron chi connectivity index (χ4n) is 2.25. The number of carboxylic acid groups (broad SMARTS) is 1. The fourth-order valence-corrected chi connectivity index (χ4v) is 3.49. The molecule has 1 aliphatic rings. The van der Waals surface area contributed by atoms with Gasteiger partial charge < -0.3 is 10.4 Å². The van der Waals surface area contributed by atoms with Crippen molar-refractivity contribution < 1.29 is 14.7 Å². The number of carbonyl (C=O) groups is 2. The second kappa shape index (κ2) is 6.35. The highest BCUT2D eigenvalue weighted by atomic mass is 32.1. The summed E-state index contributed by atoms with van der Waals surface area (Å²) in [4.78, 5) is 23.1. The van der Waals surface area contributed by atoms with Crippen molar-refractivity contribution in [3.8, 4) is 6.07 Å². The summed E-state index contributed by atoms with van der Waals surface area (Å²) in [7, 11) is 0. The number of fused-ring (bicyclic) bond motifs is 1. The third kappa shape index (κ3) is 3.25. The molecule has 0 aromatic carbocycles. The fraction of sp³-hybridized carbons (Fsp3) is 0.357. The number of carboxylic acids is 1. The van der Waals surface area contributed by atoms with Gasteiger partial charge in [0.05, 0.1) is 5.56 Å². The highest BCUT2D eigenvalue weighted by Gasteiger charge is 2.20. The SMILES string of the molecule is N#Cc1c(NC(=O)C=CC(=O)O)sc2c1CCCCC2. The second-order valence-corrected chi connectivity index (χ2v) is 5.65. The summed E-state index contributed by atoms with van der Waals surface area (Å²) in [5.74, 6) is -1.71. The van der Waals surface area contributed by atoms with Crippen molar-refractivity contribution in [3.05, 3.63) is 28.2 Å². The number of rotatable bonds is 3. The summed E-state index contributed by atoms with van der Waals surface area (Å²) in [5.41, 5.74) is 1.58. The molecule has 2 N–H and O–H groups in total. The van der Waals surface area contributed by atoms with E-state index in [9.17, 15) is 14.9 Å². The normalized spacial score (nSPS) is 14.3. The molecule has 1 amide bonds. The minimum absolute atomic E-state index is 0.527. The van der Waals surface area contributed by atoms with E-state index in [1.54, 1.807) is 0 Å². The van der Waals surface area contributed by atoms with Crippen LogP contribution in [0, 0.1) is 11.3 Å². The van der Waals surface area contributed by atoms with Gasteiger partial charge in [-0.3, -0.25) is 4.79 Å². The number of nitrogens with zero attached hydrogens (tertiary/aromatic N) is 1. The largest absolute Gasteiger partial charge is 0.478 e. The van der Waals surface area contributed by atoms with Crippen LogP contribution in [0.25, 0.3) is 0 Å². The number of hydrogen-bond donors (Lipinski definition) is 2. The van der Waals surface area contributed by atoms with Crippen LogP contribution >= 0.6 is 11.3 Å². The van der Waals surface area contributed by atoms with Crippen LogP contribution in [0.2, 0.25) is 0 Å². The molecule has 0 fully saturated rings. The van der Waals surface area contributed by atoms with Gasteiger partial charge in [-0.1, -0.05) is 6.42 Å². The first kappa shape index (κ1) is 14.3. The Labute approximate surface area is 120 Å². The van der Waals surface area contributed by atoms with E-state index >= 15 is 0 Å². The number of hydrogen-bond acceptors (Lipinski definition) is 4. The molecule has 0 bridgehead atoms. The summed E-state index contributed by atoms with van der Waals surface area (Å²) < 4.78 is 0. The van der Waals surface area contributed by atoms with Crippen LogP contribution in [0.15, 0.2) is 12.2 Å². The van der Waals surface area contributed by atoms with E-state index in [-0.39, 0.29) is 0 Å². The molecule has 104 valence electrons. The molecule has 0 radical (unpaired) electrons. The molecular weight excluding hydrogens is 276 g/mol. The van der Waals surface area contributed by atoms with E-state index in [0.717, 1.165) is 54.7 Å². The van der Waals surface area contributed by atoms with E-state index in [0.29, 0.717) is 10.6 Å². The molecule has 1 aliphatic carbocycles. The van der Waals surface area contributed by atoms with Crippen molar-refractivity contribution in [2.45, 2.75) is 32.1 Å². The molecule has 5 nitrogen and oxygen atoms in total. The average molecular weight is 290 g/mol. The third-order valence-corrected chi connectivity index (χ3v) is 4.35. The number of carbonyl (C=O) groups excluding carboxylic acids is 1. The van der Waals surface area contributed by atoms with Crippen LogP contribution in [0.4, 0.5) is 5.00 Å². The predicted octanol–water partition coefficient (Wildman–Crippen LogP) is 2.47. The van der Waals surface area contributed by atoms with Gasteiger partial charge in [0.25, 0.3) is 0 Å². The smallest absolute Gasteiger partial charge is 0.328 e. The Kier molecular flexibility index (Phi) is 4.53. The number of amides is 1. The zero-order chi connectivity index (χ0) is 14.5. The van der Waals surface area contributed by atoms with Crippen LogP contribution in [-0.2, 0) is 22.4 Å². The van der Waals surface area contributed by atoms with Crippen LogP contribution in [0.5, 0.6) is 0 Å². The second-order valence-electron chi connectivity index (χ2n) is 4.54. The summed E-state index contributed by atoms with van der Waals surface area (Å²) in [6, 6.07) is 2.16. The highest BCUT2D eigenvalue weighted by Crippen LogP contribution is 2.36. The summed E-state index contributed by atoms with van der Waals surface area (Å²) in [5, 5.41) is 20.9. The monoisotopic (exact) mass is 290 g/mol. The Morgan fingerprint density at radius 2 is 2.00 bits per heavy atom. The Morgan fingerprint density at radius 3 is 2.70 bits per heavy atom. The highest BCUT2D eigenvalue weighted by molar-refractivity contribution is 7.16. The maximum atomic E-state index is 11.6. The molecule has 0 unspecified atom stereocenters. The lowest BCUT2D eigenvalue weighted by atomic mass is 10.1. The first-order valence-corrected chi connectivity index (χ1v) is 7.20. The zero-order valence-corrected chi connectivity index (χ0v) is 11.6. The number of thiophene rings is 1. The van der Waals surface area contributed by atoms with Gasteiger partial charge in [-0.05, 0) is 31.2 Å². The van der Waals surface area contributed by atoms with Gasteiger partial charge in [-0.15, -0.1) is 11.3 Å². The topological polar surface area (TPSA) is 90.2 Å². The van der Waals surface area contributed by atoms with Crippen molar-refractivity contribution in [1.29, 1.82) is 5.26 Å². The van der Waals surface area contributed by atoms with Crippen molar-refractivity contribution >= 4 is 28.2 Å². The molecule has 1 aromatic rings. The zero-order valence-electron chi connectivity index (χ0n) is 10.8. The molecule has 6 heteroatoms. The van der Waals surface area contributed by atoms with E-state index < -0.39 is 11.9 Å². The maximum Gasteiger partial charge on any atom is 0.328 e. The van der Waals surface area contributed by atoms with Gasteiger partial charge in [0, 0.05) is 17.0 Å². The molecule has 0 spiro atoms. The molecule has 0 saturated carbocycles. The van der Waals surface area contributed by atoms with Crippen LogP contribution < -0.4 is 5.32 Å². The Bertz CT molecular complexity index is 611. The quantitative estimate of drug-likeness (QED) is 0.661. The minimum atomic E-state index is -1.18. The van der Waals surface area contributed by atoms with Gasteiger partial charge in [0.1, 0.15) is 11.1 Å². The Hall–Kier alpha value is -2.13. The third-order valence-electron chi connectivity index (χ3n) is 3.15. The van der Waals surface area contributed by atoms with E-state index in [4.69, 9.17) is 5.11 Å². The minimum Gasteiger partial charge on any atom is -0.478 e. The van der Waals surface area contributed by atoms with Crippen molar-refractivity contribution in [2.75, 3.05) is 5.32 Å². The summed E-state index contributed by atoms with van der Waals surface area (Å²) in [6.07, 6.45) is 6.87. The van der Waals surface area contributed by atoms with Crippen molar-refractivity contribution in [2.24, 2.45) is 0 Å². The van der Waals surface area contributed by atoms with Crippen LogP contribution in [0.3, 0.4) is 0 Å². The lowest BCUT2D eigenvalue weighted by Crippen LogP contribution is -2.08. The van der Waals surface area contributed by atoms with Crippen LogP contribution in [0.1, 0.15) is 35.3 Å². The Morgan fingerprint density at radius 1 is 1.25 bits per heavy atom. The molecule has 0 saturated heterocycles. The van der Waals surface area contributed by atoms with E-state index in [2.05, 4.69) is 11.4 Å². The van der Waals surface area contributed by atoms with Crippen molar-refractivity contribution in [1.82, 2.24) is 0 Å². The maximum absolute atomic E-state index is 11.6. The number of anilines is 1.